The lowest BCUT2D eigenvalue weighted by atomic mass is 9.85. The predicted molar refractivity (Wildman–Crippen MR) is 54.1 cm³/mol. The Morgan fingerprint density at radius 1 is 1.62 bits per heavy atom. The third kappa shape index (κ3) is 2.32. The monoisotopic (exact) mass is 182 g/mol. The number of nitrogens with two attached hydrogens (primary N) is 2. The van der Waals surface area contributed by atoms with Crippen molar-refractivity contribution in [1.29, 1.82) is 0 Å². The molecular weight excluding hydrogens is 164 g/mol. The standard InChI is InChI=1S/C10H18N2O/c1-3-13-7-8-9(11)5-4-6-10(8,2)12/h4-5H,3,6-7,11-12H2,1-2H3. The Kier molecular flexibility index (Phi) is 3.12. The molecule has 0 saturated carbocycles. The van der Waals surface area contributed by atoms with Crippen LogP contribution in [0.4, 0.5) is 0 Å². The van der Waals surface area contributed by atoms with Gasteiger partial charge in [0, 0.05) is 17.8 Å². The van der Waals surface area contributed by atoms with E-state index < -0.39 is 0 Å². The van der Waals surface area contributed by atoms with Gasteiger partial charge in [-0.25, -0.2) is 0 Å². The van der Waals surface area contributed by atoms with Crippen LogP contribution in [-0.4, -0.2) is 18.8 Å². The second kappa shape index (κ2) is 3.94. The Hall–Kier alpha value is -0.800. The van der Waals surface area contributed by atoms with Crippen LogP contribution in [0.25, 0.3) is 0 Å². The van der Waals surface area contributed by atoms with Gasteiger partial charge in [0.05, 0.1) is 6.61 Å². The van der Waals surface area contributed by atoms with E-state index in [0.29, 0.717) is 13.2 Å². The molecule has 1 aliphatic rings. The van der Waals surface area contributed by atoms with Gasteiger partial charge in [-0.3, -0.25) is 0 Å². The van der Waals surface area contributed by atoms with Crippen molar-refractivity contribution in [2.75, 3.05) is 13.2 Å². The number of hydrogen-bond acceptors (Lipinski definition) is 3. The van der Waals surface area contributed by atoms with Gasteiger partial charge in [-0.1, -0.05) is 6.08 Å². The minimum absolute atomic E-state index is 0.339. The smallest absolute Gasteiger partial charge is 0.0717 e. The summed E-state index contributed by atoms with van der Waals surface area (Å²) in [6.45, 7) is 5.18. The van der Waals surface area contributed by atoms with Crippen molar-refractivity contribution in [2.24, 2.45) is 11.5 Å². The summed E-state index contributed by atoms with van der Waals surface area (Å²) in [5, 5.41) is 0. The molecule has 1 atom stereocenters. The molecule has 3 heteroatoms. The first-order valence-electron chi connectivity index (χ1n) is 4.60. The third-order valence-corrected chi connectivity index (χ3v) is 2.33. The largest absolute Gasteiger partial charge is 0.399 e. The summed E-state index contributed by atoms with van der Waals surface area (Å²) in [6, 6.07) is 0. The highest BCUT2D eigenvalue weighted by Gasteiger charge is 2.26. The summed E-state index contributed by atoms with van der Waals surface area (Å²) >= 11 is 0. The van der Waals surface area contributed by atoms with E-state index in [0.717, 1.165) is 17.7 Å². The molecule has 1 unspecified atom stereocenters. The van der Waals surface area contributed by atoms with Crippen molar-refractivity contribution in [2.45, 2.75) is 25.8 Å². The van der Waals surface area contributed by atoms with Gasteiger partial charge in [-0.05, 0) is 31.9 Å². The van der Waals surface area contributed by atoms with E-state index in [2.05, 4.69) is 0 Å². The maximum Gasteiger partial charge on any atom is 0.0717 e. The van der Waals surface area contributed by atoms with E-state index in [9.17, 15) is 0 Å². The topological polar surface area (TPSA) is 61.3 Å². The number of hydrogen-bond donors (Lipinski definition) is 2. The highest BCUT2D eigenvalue weighted by atomic mass is 16.5. The van der Waals surface area contributed by atoms with E-state index in [4.69, 9.17) is 16.2 Å². The zero-order chi connectivity index (χ0) is 9.90. The van der Waals surface area contributed by atoms with Crippen molar-refractivity contribution in [3.8, 4) is 0 Å². The van der Waals surface area contributed by atoms with Gasteiger partial charge < -0.3 is 16.2 Å². The maximum absolute atomic E-state index is 6.08. The van der Waals surface area contributed by atoms with Crippen molar-refractivity contribution < 1.29 is 4.74 Å². The molecule has 0 aromatic rings. The predicted octanol–water partition coefficient (Wildman–Crippen LogP) is 0.913. The van der Waals surface area contributed by atoms with Gasteiger partial charge in [-0.15, -0.1) is 0 Å². The molecule has 0 spiro atoms. The SMILES string of the molecule is CCOCC1=C(N)C=CCC1(C)N. The molecule has 0 aromatic heterocycles. The van der Waals surface area contributed by atoms with Gasteiger partial charge >= 0.3 is 0 Å². The summed E-state index contributed by atoms with van der Waals surface area (Å²) in [5.74, 6) is 0. The highest BCUT2D eigenvalue weighted by Crippen LogP contribution is 2.24. The van der Waals surface area contributed by atoms with Gasteiger partial charge in [-0.2, -0.15) is 0 Å². The van der Waals surface area contributed by atoms with E-state index in [-0.39, 0.29) is 5.54 Å². The highest BCUT2D eigenvalue weighted by molar-refractivity contribution is 5.35. The van der Waals surface area contributed by atoms with E-state index >= 15 is 0 Å². The lowest BCUT2D eigenvalue weighted by molar-refractivity contribution is 0.161. The maximum atomic E-state index is 6.08. The molecule has 3 nitrogen and oxygen atoms in total. The number of allylic oxidation sites excluding steroid dienone is 1. The minimum atomic E-state index is -0.339. The molecule has 0 radical (unpaired) electrons. The van der Waals surface area contributed by atoms with Crippen LogP contribution in [0.1, 0.15) is 20.3 Å². The van der Waals surface area contributed by atoms with Crippen LogP contribution < -0.4 is 11.5 Å². The van der Waals surface area contributed by atoms with Crippen LogP contribution in [0.5, 0.6) is 0 Å². The Morgan fingerprint density at radius 3 is 2.85 bits per heavy atom. The molecule has 13 heavy (non-hydrogen) atoms. The summed E-state index contributed by atoms with van der Waals surface area (Å²) in [5.41, 5.74) is 13.3. The molecule has 4 N–H and O–H groups in total. The number of rotatable bonds is 3. The molecule has 0 saturated heterocycles. The zero-order valence-electron chi connectivity index (χ0n) is 8.34. The quantitative estimate of drug-likeness (QED) is 0.682. The average Bonchev–Trinajstić information content (AvgIpc) is 2.02. The summed E-state index contributed by atoms with van der Waals surface area (Å²) < 4.78 is 5.33. The van der Waals surface area contributed by atoms with Crippen LogP contribution in [0, 0.1) is 0 Å². The van der Waals surface area contributed by atoms with Crippen LogP contribution in [-0.2, 0) is 4.74 Å². The van der Waals surface area contributed by atoms with E-state index in [1.807, 2.05) is 26.0 Å². The fourth-order valence-electron chi connectivity index (χ4n) is 1.44. The second-order valence-corrected chi connectivity index (χ2v) is 3.59. The van der Waals surface area contributed by atoms with Gasteiger partial charge in [0.2, 0.25) is 0 Å². The van der Waals surface area contributed by atoms with Crippen molar-refractivity contribution >= 4 is 0 Å². The molecule has 0 amide bonds. The second-order valence-electron chi connectivity index (χ2n) is 3.59. The van der Waals surface area contributed by atoms with Crippen molar-refractivity contribution in [1.82, 2.24) is 0 Å². The van der Waals surface area contributed by atoms with Crippen molar-refractivity contribution in [3.05, 3.63) is 23.4 Å². The van der Waals surface area contributed by atoms with E-state index in [1.165, 1.54) is 0 Å². The van der Waals surface area contributed by atoms with Gasteiger partial charge in [0.1, 0.15) is 0 Å². The zero-order valence-corrected chi connectivity index (χ0v) is 8.34. The fraction of sp³-hybridized carbons (Fsp3) is 0.600. The van der Waals surface area contributed by atoms with Crippen LogP contribution in [0.3, 0.4) is 0 Å². The van der Waals surface area contributed by atoms with Gasteiger partial charge in [0.15, 0.2) is 0 Å². The summed E-state index contributed by atoms with van der Waals surface area (Å²) in [6.07, 6.45) is 4.74. The molecule has 0 heterocycles. The summed E-state index contributed by atoms with van der Waals surface area (Å²) in [4.78, 5) is 0. The first-order chi connectivity index (χ1) is 6.08. The first-order valence-corrected chi connectivity index (χ1v) is 4.60. The fourth-order valence-corrected chi connectivity index (χ4v) is 1.44. The van der Waals surface area contributed by atoms with E-state index in [1.54, 1.807) is 0 Å². The number of ether oxygens (including phenoxy) is 1. The Bertz CT molecular complexity index is 241. The molecule has 74 valence electrons. The lowest BCUT2D eigenvalue weighted by Crippen LogP contribution is -2.42. The molecule has 0 bridgehead atoms. The minimum Gasteiger partial charge on any atom is -0.399 e. The Labute approximate surface area is 79.4 Å². The molecule has 1 rings (SSSR count). The molecule has 0 fully saturated rings. The Morgan fingerprint density at radius 2 is 2.31 bits per heavy atom. The van der Waals surface area contributed by atoms with Crippen molar-refractivity contribution in [3.63, 3.8) is 0 Å². The van der Waals surface area contributed by atoms with Crippen LogP contribution >= 0.6 is 0 Å². The van der Waals surface area contributed by atoms with Gasteiger partial charge in [0.25, 0.3) is 0 Å². The molecule has 1 aliphatic carbocycles. The van der Waals surface area contributed by atoms with Crippen LogP contribution in [0.2, 0.25) is 0 Å². The lowest BCUT2D eigenvalue weighted by Gasteiger charge is -2.30. The molecular formula is C10H18N2O. The third-order valence-electron chi connectivity index (χ3n) is 2.33. The molecule has 0 aliphatic heterocycles. The normalized spacial score (nSPS) is 28.2. The first kappa shape index (κ1) is 10.3. The summed E-state index contributed by atoms with van der Waals surface area (Å²) in [7, 11) is 0. The molecule has 0 aromatic carbocycles. The Balaban J connectivity index is 2.78. The van der Waals surface area contributed by atoms with Crippen LogP contribution in [0.15, 0.2) is 23.4 Å². The average molecular weight is 182 g/mol.